The Balaban J connectivity index is 1.40. The van der Waals surface area contributed by atoms with Crippen LogP contribution in [0.25, 0.3) is 5.65 Å². The molecule has 1 N–H and O–H groups in total. The van der Waals surface area contributed by atoms with Gasteiger partial charge in [-0.05, 0) is 55.0 Å². The van der Waals surface area contributed by atoms with E-state index in [1.165, 1.54) is 0 Å². The second kappa shape index (κ2) is 7.29. The highest BCUT2D eigenvalue weighted by Gasteiger charge is 2.08. The number of benzene rings is 1. The second-order valence-electron chi connectivity index (χ2n) is 6.14. The quantitative estimate of drug-likeness (QED) is 0.588. The van der Waals surface area contributed by atoms with Gasteiger partial charge in [-0.15, -0.1) is 0 Å². The molecule has 0 aliphatic heterocycles. The van der Waals surface area contributed by atoms with Gasteiger partial charge in [0.25, 0.3) is 5.91 Å². The summed E-state index contributed by atoms with van der Waals surface area (Å²) >= 11 is 0. The van der Waals surface area contributed by atoms with Gasteiger partial charge in [-0.2, -0.15) is 0 Å². The second-order valence-corrected chi connectivity index (χ2v) is 6.14. The monoisotopic (exact) mass is 358 g/mol. The van der Waals surface area contributed by atoms with Crippen LogP contribution < -0.4 is 10.1 Å². The van der Waals surface area contributed by atoms with Gasteiger partial charge in [0, 0.05) is 24.2 Å². The molecule has 0 fully saturated rings. The van der Waals surface area contributed by atoms with Crippen molar-refractivity contribution >= 4 is 17.4 Å². The van der Waals surface area contributed by atoms with Gasteiger partial charge in [-0.1, -0.05) is 12.1 Å². The minimum Gasteiger partial charge on any atom is -0.487 e. The lowest BCUT2D eigenvalue weighted by Crippen LogP contribution is -2.12. The van der Waals surface area contributed by atoms with E-state index in [1.54, 1.807) is 42.6 Å². The van der Waals surface area contributed by atoms with Gasteiger partial charge in [-0.3, -0.25) is 4.79 Å². The first-order chi connectivity index (χ1) is 13.2. The molecule has 0 spiro atoms. The summed E-state index contributed by atoms with van der Waals surface area (Å²) in [5.41, 5.74) is 3.43. The molecular formula is C21H18N4O2. The number of aromatic nitrogens is 3. The van der Waals surface area contributed by atoms with Crippen molar-refractivity contribution in [1.29, 1.82) is 0 Å². The Labute approximate surface area is 156 Å². The van der Waals surface area contributed by atoms with Gasteiger partial charge in [0.2, 0.25) is 0 Å². The summed E-state index contributed by atoms with van der Waals surface area (Å²) in [7, 11) is 0. The SMILES string of the molecule is Cc1cccn2cc(COc3ccc(C(=O)Nc4ccccn4)cc3)nc12. The zero-order valence-corrected chi connectivity index (χ0v) is 14.8. The smallest absolute Gasteiger partial charge is 0.256 e. The van der Waals surface area contributed by atoms with Crippen LogP contribution in [-0.2, 0) is 6.61 Å². The molecule has 6 heteroatoms. The minimum atomic E-state index is -0.212. The highest BCUT2D eigenvalue weighted by atomic mass is 16.5. The van der Waals surface area contributed by atoms with Crippen LogP contribution in [0.2, 0.25) is 0 Å². The van der Waals surface area contributed by atoms with E-state index >= 15 is 0 Å². The number of amides is 1. The average Bonchev–Trinajstić information content (AvgIpc) is 3.12. The zero-order valence-electron chi connectivity index (χ0n) is 14.8. The number of nitrogens with zero attached hydrogens (tertiary/aromatic N) is 3. The van der Waals surface area contributed by atoms with Crippen molar-refractivity contribution in [2.75, 3.05) is 5.32 Å². The number of ether oxygens (including phenoxy) is 1. The molecule has 0 atom stereocenters. The normalized spacial score (nSPS) is 10.7. The molecule has 4 rings (SSSR count). The molecule has 134 valence electrons. The van der Waals surface area contributed by atoms with Crippen LogP contribution in [0.1, 0.15) is 21.6 Å². The third kappa shape index (κ3) is 3.79. The van der Waals surface area contributed by atoms with E-state index in [0.29, 0.717) is 23.7 Å². The number of carbonyl (C=O) groups excluding carboxylic acids is 1. The predicted molar refractivity (Wildman–Crippen MR) is 103 cm³/mol. The molecule has 0 saturated carbocycles. The molecule has 0 aliphatic carbocycles. The average molecular weight is 358 g/mol. The zero-order chi connectivity index (χ0) is 18.6. The molecule has 0 radical (unpaired) electrons. The fourth-order valence-electron chi connectivity index (χ4n) is 2.76. The highest BCUT2D eigenvalue weighted by Crippen LogP contribution is 2.16. The molecule has 3 aromatic heterocycles. The van der Waals surface area contributed by atoms with Crippen molar-refractivity contribution in [3.63, 3.8) is 0 Å². The Bertz CT molecular complexity index is 1070. The summed E-state index contributed by atoms with van der Waals surface area (Å²) < 4.78 is 7.78. The van der Waals surface area contributed by atoms with Crippen LogP contribution in [0.4, 0.5) is 5.82 Å². The number of aryl methyl sites for hydroxylation is 1. The summed E-state index contributed by atoms with van der Waals surface area (Å²) in [5.74, 6) is 0.985. The Morgan fingerprint density at radius 3 is 2.70 bits per heavy atom. The molecule has 4 aromatic rings. The molecule has 6 nitrogen and oxygen atoms in total. The largest absolute Gasteiger partial charge is 0.487 e. The molecule has 0 unspecified atom stereocenters. The number of imidazole rings is 1. The fourth-order valence-corrected chi connectivity index (χ4v) is 2.76. The van der Waals surface area contributed by atoms with Crippen LogP contribution in [0.15, 0.2) is 73.2 Å². The van der Waals surface area contributed by atoms with Crippen LogP contribution >= 0.6 is 0 Å². The lowest BCUT2D eigenvalue weighted by molar-refractivity contribution is 0.102. The van der Waals surface area contributed by atoms with Gasteiger partial charge in [0.05, 0.1) is 5.69 Å². The number of carbonyl (C=O) groups is 1. The molecule has 1 aromatic carbocycles. The Morgan fingerprint density at radius 1 is 1.11 bits per heavy atom. The van der Waals surface area contributed by atoms with Crippen molar-refractivity contribution in [2.45, 2.75) is 13.5 Å². The van der Waals surface area contributed by atoms with Gasteiger partial charge in [-0.25, -0.2) is 9.97 Å². The van der Waals surface area contributed by atoms with E-state index in [1.807, 2.05) is 41.9 Å². The number of rotatable bonds is 5. The summed E-state index contributed by atoms with van der Waals surface area (Å²) in [5, 5.41) is 2.75. The molecular weight excluding hydrogens is 340 g/mol. The van der Waals surface area contributed by atoms with Gasteiger partial charge >= 0.3 is 0 Å². The maximum absolute atomic E-state index is 12.2. The Morgan fingerprint density at radius 2 is 1.96 bits per heavy atom. The third-order valence-electron chi connectivity index (χ3n) is 4.14. The number of hydrogen-bond acceptors (Lipinski definition) is 4. The first kappa shape index (κ1) is 16.8. The maximum Gasteiger partial charge on any atom is 0.256 e. The number of nitrogens with one attached hydrogen (secondary N) is 1. The molecule has 0 saturated heterocycles. The van der Waals surface area contributed by atoms with E-state index in [9.17, 15) is 4.79 Å². The molecule has 0 bridgehead atoms. The van der Waals surface area contributed by atoms with E-state index < -0.39 is 0 Å². The highest BCUT2D eigenvalue weighted by molar-refractivity contribution is 6.03. The van der Waals surface area contributed by atoms with Crippen molar-refractivity contribution in [3.8, 4) is 5.75 Å². The maximum atomic E-state index is 12.2. The Kier molecular flexibility index (Phi) is 4.53. The van der Waals surface area contributed by atoms with Crippen LogP contribution in [0, 0.1) is 6.92 Å². The molecule has 1 amide bonds. The van der Waals surface area contributed by atoms with Crippen molar-refractivity contribution in [2.24, 2.45) is 0 Å². The van der Waals surface area contributed by atoms with E-state index in [4.69, 9.17) is 4.74 Å². The summed E-state index contributed by atoms with van der Waals surface area (Å²) in [6.45, 7) is 2.39. The van der Waals surface area contributed by atoms with Crippen molar-refractivity contribution in [3.05, 3.63) is 90.0 Å². The number of anilines is 1. The number of pyridine rings is 2. The van der Waals surface area contributed by atoms with Crippen molar-refractivity contribution in [1.82, 2.24) is 14.4 Å². The third-order valence-corrected chi connectivity index (χ3v) is 4.14. The van der Waals surface area contributed by atoms with E-state index in [2.05, 4.69) is 15.3 Å². The summed E-state index contributed by atoms with van der Waals surface area (Å²) in [6, 6.07) is 16.4. The topological polar surface area (TPSA) is 68.5 Å². The van der Waals surface area contributed by atoms with E-state index in [-0.39, 0.29) is 5.91 Å². The standard InChI is InChI=1S/C21H18N4O2/c1-15-5-4-12-25-13-17(23-20(15)25)14-27-18-9-7-16(8-10-18)21(26)24-19-6-2-3-11-22-19/h2-13H,14H2,1H3,(H,22,24,26). The minimum absolute atomic E-state index is 0.212. The molecule has 3 heterocycles. The van der Waals surface area contributed by atoms with Crippen LogP contribution in [0.3, 0.4) is 0 Å². The number of fused-ring (bicyclic) bond motifs is 1. The van der Waals surface area contributed by atoms with Crippen LogP contribution in [-0.4, -0.2) is 20.3 Å². The van der Waals surface area contributed by atoms with Gasteiger partial charge in [0.15, 0.2) is 0 Å². The molecule has 0 aliphatic rings. The first-order valence-electron chi connectivity index (χ1n) is 8.57. The van der Waals surface area contributed by atoms with E-state index in [0.717, 1.165) is 16.9 Å². The lowest BCUT2D eigenvalue weighted by atomic mass is 10.2. The first-order valence-corrected chi connectivity index (χ1v) is 8.57. The van der Waals surface area contributed by atoms with Crippen LogP contribution in [0.5, 0.6) is 5.75 Å². The van der Waals surface area contributed by atoms with Gasteiger partial charge < -0.3 is 14.5 Å². The van der Waals surface area contributed by atoms with Gasteiger partial charge in [0.1, 0.15) is 23.8 Å². The van der Waals surface area contributed by atoms with Crippen molar-refractivity contribution < 1.29 is 9.53 Å². The lowest BCUT2D eigenvalue weighted by Gasteiger charge is -2.06. The summed E-state index contributed by atoms with van der Waals surface area (Å²) in [6.07, 6.45) is 5.55. The summed E-state index contributed by atoms with van der Waals surface area (Å²) in [4.78, 5) is 20.9. The molecule has 27 heavy (non-hydrogen) atoms. The fraction of sp³-hybridized carbons (Fsp3) is 0.0952. The predicted octanol–water partition coefficient (Wildman–Crippen LogP) is 3.87. The number of hydrogen-bond donors (Lipinski definition) is 1. The Hall–Kier alpha value is -3.67.